The zero-order valence-electron chi connectivity index (χ0n) is 35.5. The molecule has 2 unspecified atom stereocenters. The molecule has 0 aromatic rings. The molecule has 1 N–H and O–H groups in total. The lowest BCUT2D eigenvalue weighted by molar-refractivity contribution is -0.870. The smallest absolute Gasteiger partial charge is 0.306 e. The van der Waals surface area contributed by atoms with Gasteiger partial charge in [-0.05, 0) is 51.4 Å². The fourth-order valence-electron chi connectivity index (χ4n) is 5.54. The molecule has 0 aliphatic carbocycles. The number of likely N-dealkylation sites (N-methyl/N-ethyl adjacent to an activating group) is 1. The number of rotatable bonds is 38. The minimum absolute atomic E-state index is 0.0483. The van der Waals surface area contributed by atoms with Crippen LogP contribution in [0.2, 0.25) is 0 Å². The van der Waals surface area contributed by atoms with Crippen molar-refractivity contribution in [2.45, 2.75) is 174 Å². The fraction of sp³-hybridized carbons (Fsp3) is 0.773. The standard InChI is InChI=1S/C44H80NO9P/c1-6-8-9-10-11-12-13-15-19-22-25-28-31-35-43(47)51-39-42(40-53-55(49,50)52-38-37-45(3,4)5)54-44(48)36-32-29-26-23-20-17-14-16-18-21-24-27-30-34-41(46)33-7-2/h14,17-18,21,23,26-27,30,41-42,46H,6-13,15-16,19-20,22,24-25,28-29,31-40H2,1-5H3/b17-14-,21-18-,26-23-,30-27-/t41?,42-/m1/s1. The van der Waals surface area contributed by atoms with E-state index in [0.717, 1.165) is 51.4 Å². The van der Waals surface area contributed by atoms with Crippen molar-refractivity contribution in [1.82, 2.24) is 0 Å². The third-order valence-electron chi connectivity index (χ3n) is 8.91. The van der Waals surface area contributed by atoms with E-state index in [1.807, 2.05) is 39.4 Å². The molecule has 11 heteroatoms. The van der Waals surface area contributed by atoms with Crippen LogP contribution in [0, 0.1) is 0 Å². The normalized spacial score (nSPS) is 14.7. The molecule has 0 aliphatic rings. The van der Waals surface area contributed by atoms with Gasteiger partial charge < -0.3 is 33.0 Å². The maximum absolute atomic E-state index is 12.6. The van der Waals surface area contributed by atoms with Crippen LogP contribution in [0.3, 0.4) is 0 Å². The number of hydrogen-bond donors (Lipinski definition) is 1. The van der Waals surface area contributed by atoms with Gasteiger partial charge in [0.2, 0.25) is 0 Å². The molecule has 10 nitrogen and oxygen atoms in total. The number of carbonyl (C=O) groups excluding carboxylic acids is 2. The van der Waals surface area contributed by atoms with E-state index in [1.165, 1.54) is 64.2 Å². The number of esters is 2. The Morgan fingerprint density at radius 3 is 1.71 bits per heavy atom. The summed E-state index contributed by atoms with van der Waals surface area (Å²) in [7, 11) is 1.10. The summed E-state index contributed by atoms with van der Waals surface area (Å²) in [4.78, 5) is 37.4. The van der Waals surface area contributed by atoms with Crippen LogP contribution in [-0.2, 0) is 32.7 Å². The number of aliphatic hydroxyl groups is 1. The van der Waals surface area contributed by atoms with Crippen molar-refractivity contribution in [3.8, 4) is 0 Å². The lowest BCUT2D eigenvalue weighted by atomic mass is 10.0. The van der Waals surface area contributed by atoms with E-state index < -0.39 is 32.5 Å². The first-order chi connectivity index (χ1) is 26.4. The van der Waals surface area contributed by atoms with Crippen LogP contribution in [0.5, 0.6) is 0 Å². The molecular formula is C44H80NO9P. The Kier molecular flexibility index (Phi) is 34.9. The van der Waals surface area contributed by atoms with Crippen LogP contribution < -0.4 is 4.89 Å². The van der Waals surface area contributed by atoms with E-state index in [2.05, 4.69) is 44.2 Å². The van der Waals surface area contributed by atoms with E-state index >= 15 is 0 Å². The molecule has 0 bridgehead atoms. The molecule has 0 fully saturated rings. The summed E-state index contributed by atoms with van der Waals surface area (Å²) in [6.07, 6.45) is 37.8. The Balaban J connectivity index is 4.50. The molecule has 55 heavy (non-hydrogen) atoms. The van der Waals surface area contributed by atoms with Gasteiger partial charge in [0.15, 0.2) is 6.10 Å². The minimum atomic E-state index is -4.65. The highest BCUT2D eigenvalue weighted by Crippen LogP contribution is 2.38. The van der Waals surface area contributed by atoms with Gasteiger partial charge in [0.25, 0.3) is 7.82 Å². The van der Waals surface area contributed by atoms with Gasteiger partial charge >= 0.3 is 11.9 Å². The first-order valence-electron chi connectivity index (χ1n) is 21.4. The summed E-state index contributed by atoms with van der Waals surface area (Å²) in [6, 6.07) is 0. The number of phosphoric ester groups is 1. The summed E-state index contributed by atoms with van der Waals surface area (Å²) in [5.41, 5.74) is 0. The van der Waals surface area contributed by atoms with Crippen LogP contribution in [0.25, 0.3) is 0 Å². The maximum Gasteiger partial charge on any atom is 0.306 e. The third-order valence-corrected chi connectivity index (χ3v) is 9.87. The van der Waals surface area contributed by atoms with Gasteiger partial charge in [-0.3, -0.25) is 14.2 Å². The van der Waals surface area contributed by atoms with Crippen molar-refractivity contribution in [3.63, 3.8) is 0 Å². The summed E-state index contributed by atoms with van der Waals surface area (Å²) in [5.74, 6) is -0.921. The molecule has 0 radical (unpaired) electrons. The second-order valence-corrected chi connectivity index (χ2v) is 17.0. The number of hydrogen-bond acceptors (Lipinski definition) is 9. The zero-order valence-corrected chi connectivity index (χ0v) is 36.4. The molecule has 0 amide bonds. The van der Waals surface area contributed by atoms with Crippen molar-refractivity contribution in [2.75, 3.05) is 47.5 Å². The highest BCUT2D eigenvalue weighted by atomic mass is 31.2. The SMILES string of the molecule is CCCCCCCCCCCCCCCC(=O)OC[C@H](COP(=O)([O-])OCC[N+](C)(C)C)OC(=O)CCC/C=C\C/C=C\C/C=C\C/C=C\CC(O)CCC. The second-order valence-electron chi connectivity index (χ2n) is 15.5. The highest BCUT2D eigenvalue weighted by molar-refractivity contribution is 7.45. The predicted octanol–water partition coefficient (Wildman–Crippen LogP) is 10.2. The van der Waals surface area contributed by atoms with Crippen LogP contribution in [0.4, 0.5) is 0 Å². The third kappa shape index (κ3) is 39.9. The van der Waals surface area contributed by atoms with Crippen molar-refractivity contribution >= 4 is 19.8 Å². The van der Waals surface area contributed by atoms with Crippen LogP contribution in [0.1, 0.15) is 162 Å². The summed E-state index contributed by atoms with van der Waals surface area (Å²) >= 11 is 0. The molecular weight excluding hydrogens is 717 g/mol. The number of quaternary nitrogens is 1. The van der Waals surface area contributed by atoms with Crippen molar-refractivity contribution in [1.29, 1.82) is 0 Å². The van der Waals surface area contributed by atoms with Gasteiger partial charge in [0, 0.05) is 12.8 Å². The molecule has 0 heterocycles. The van der Waals surface area contributed by atoms with Crippen molar-refractivity contribution < 1.29 is 47.2 Å². The molecule has 0 aliphatic heterocycles. The molecule has 0 spiro atoms. The second kappa shape index (κ2) is 36.3. The highest BCUT2D eigenvalue weighted by Gasteiger charge is 2.21. The molecule has 0 aromatic heterocycles. The summed E-state index contributed by atoms with van der Waals surface area (Å²) in [5, 5.41) is 9.73. The Morgan fingerprint density at radius 1 is 0.655 bits per heavy atom. The first-order valence-corrected chi connectivity index (χ1v) is 22.9. The topological polar surface area (TPSA) is 131 Å². The number of nitrogens with zero attached hydrogens (tertiary/aromatic N) is 1. The Labute approximate surface area is 336 Å². The maximum atomic E-state index is 12.6. The average molecular weight is 798 g/mol. The molecule has 0 aromatic carbocycles. The van der Waals surface area contributed by atoms with Gasteiger partial charge in [0.1, 0.15) is 19.8 Å². The van der Waals surface area contributed by atoms with Crippen LogP contribution >= 0.6 is 7.82 Å². The average Bonchev–Trinajstić information content (AvgIpc) is 3.12. The van der Waals surface area contributed by atoms with Crippen molar-refractivity contribution in [2.24, 2.45) is 0 Å². The number of carbonyl (C=O) groups is 2. The van der Waals surface area contributed by atoms with Gasteiger partial charge in [-0.25, -0.2) is 0 Å². The lowest BCUT2D eigenvalue weighted by Gasteiger charge is -2.28. The number of ether oxygens (including phenoxy) is 2. The van der Waals surface area contributed by atoms with Gasteiger partial charge in [-0.15, -0.1) is 0 Å². The van der Waals surface area contributed by atoms with Crippen LogP contribution in [0.15, 0.2) is 48.6 Å². The molecule has 0 rings (SSSR count). The van der Waals surface area contributed by atoms with Gasteiger partial charge in [-0.1, -0.05) is 146 Å². The molecule has 0 saturated carbocycles. The number of allylic oxidation sites excluding steroid dienone is 7. The summed E-state index contributed by atoms with van der Waals surface area (Å²) < 4.78 is 33.8. The van der Waals surface area contributed by atoms with Crippen LogP contribution in [-0.4, -0.2) is 81.2 Å². The lowest BCUT2D eigenvalue weighted by Crippen LogP contribution is -2.37. The Hall–Kier alpha value is -2.07. The van der Waals surface area contributed by atoms with Crippen molar-refractivity contribution in [3.05, 3.63) is 48.6 Å². The molecule has 3 atom stereocenters. The van der Waals surface area contributed by atoms with Gasteiger partial charge in [-0.2, -0.15) is 0 Å². The van der Waals surface area contributed by atoms with E-state index in [9.17, 15) is 24.2 Å². The zero-order chi connectivity index (χ0) is 40.9. The quantitative estimate of drug-likeness (QED) is 0.0213. The Morgan fingerprint density at radius 2 is 1.16 bits per heavy atom. The summed E-state index contributed by atoms with van der Waals surface area (Å²) in [6.45, 7) is 3.94. The number of aliphatic hydroxyl groups excluding tert-OH is 1. The molecule has 320 valence electrons. The van der Waals surface area contributed by atoms with E-state index in [4.69, 9.17) is 18.5 Å². The van der Waals surface area contributed by atoms with Gasteiger partial charge in [0.05, 0.1) is 33.9 Å². The van der Waals surface area contributed by atoms with E-state index in [1.54, 1.807) is 0 Å². The number of phosphoric acid groups is 1. The largest absolute Gasteiger partial charge is 0.756 e. The van der Waals surface area contributed by atoms with E-state index in [-0.39, 0.29) is 32.2 Å². The molecule has 0 saturated heterocycles. The fourth-order valence-corrected chi connectivity index (χ4v) is 6.27. The first kappa shape index (κ1) is 52.9. The monoisotopic (exact) mass is 798 g/mol. The Bertz CT molecular complexity index is 1100. The predicted molar refractivity (Wildman–Crippen MR) is 223 cm³/mol. The number of unbranched alkanes of at least 4 members (excludes halogenated alkanes) is 13. The minimum Gasteiger partial charge on any atom is -0.756 e. The van der Waals surface area contributed by atoms with E-state index in [0.29, 0.717) is 30.3 Å².